The Morgan fingerprint density at radius 3 is 2.82 bits per heavy atom. The van der Waals surface area contributed by atoms with E-state index in [9.17, 15) is 9.59 Å². The van der Waals surface area contributed by atoms with Crippen molar-refractivity contribution < 1.29 is 14.3 Å². The van der Waals surface area contributed by atoms with Crippen molar-refractivity contribution in [1.82, 2.24) is 5.32 Å². The Kier molecular flexibility index (Phi) is 3.27. The molecule has 22 heavy (non-hydrogen) atoms. The molecule has 2 amide bonds. The smallest absolute Gasteiger partial charge is 0.407 e. The molecule has 0 saturated carbocycles. The van der Waals surface area contributed by atoms with Gasteiger partial charge in [-0.3, -0.25) is 4.79 Å². The Labute approximate surface area is 129 Å². The Bertz CT molecular complexity index is 636. The normalized spacial score (nSPS) is 22.4. The van der Waals surface area contributed by atoms with Crippen LogP contribution in [0, 0.1) is 0 Å². The van der Waals surface area contributed by atoms with Gasteiger partial charge in [0.2, 0.25) is 5.91 Å². The monoisotopic (exact) mass is 303 g/mol. The zero-order valence-corrected chi connectivity index (χ0v) is 13.1. The largest absolute Gasteiger partial charge is 0.444 e. The number of nitrogens with one attached hydrogen (secondary N) is 3. The van der Waals surface area contributed by atoms with Crippen LogP contribution in [0.1, 0.15) is 32.8 Å². The van der Waals surface area contributed by atoms with Crippen molar-refractivity contribution in [2.45, 2.75) is 38.2 Å². The fourth-order valence-electron chi connectivity index (χ4n) is 3.15. The first-order valence-electron chi connectivity index (χ1n) is 7.43. The number of anilines is 2. The van der Waals surface area contributed by atoms with E-state index in [0.29, 0.717) is 19.5 Å². The molecule has 1 unspecified atom stereocenters. The second-order valence-electron chi connectivity index (χ2n) is 6.94. The standard InChI is InChI=1S/C16H21N3O3/c1-15(2,3)22-14(21)18-9-16-7-12(20)19-11-6-4-5-10(13(11)16)17-8-16/h4-6,17H,7-9H2,1-3H3,(H,18,21)(H,19,20). The summed E-state index contributed by atoms with van der Waals surface area (Å²) in [6.45, 7) is 6.46. The third-order valence-corrected chi connectivity index (χ3v) is 3.96. The summed E-state index contributed by atoms with van der Waals surface area (Å²) in [4.78, 5) is 23.9. The third-order valence-electron chi connectivity index (χ3n) is 3.96. The van der Waals surface area contributed by atoms with Gasteiger partial charge in [-0.15, -0.1) is 0 Å². The summed E-state index contributed by atoms with van der Waals surface area (Å²) < 4.78 is 5.28. The first kappa shape index (κ1) is 14.7. The van der Waals surface area contributed by atoms with E-state index in [0.717, 1.165) is 16.9 Å². The molecule has 3 N–H and O–H groups in total. The lowest BCUT2D eigenvalue weighted by Gasteiger charge is -2.34. The highest BCUT2D eigenvalue weighted by Crippen LogP contribution is 2.46. The van der Waals surface area contributed by atoms with Crippen molar-refractivity contribution in [3.63, 3.8) is 0 Å². The maximum Gasteiger partial charge on any atom is 0.407 e. The highest BCUT2D eigenvalue weighted by molar-refractivity contribution is 5.98. The fraction of sp³-hybridized carbons (Fsp3) is 0.500. The number of hydrogen-bond donors (Lipinski definition) is 3. The molecule has 3 rings (SSSR count). The first-order chi connectivity index (χ1) is 10.3. The van der Waals surface area contributed by atoms with Crippen LogP contribution >= 0.6 is 0 Å². The Morgan fingerprint density at radius 2 is 2.09 bits per heavy atom. The molecule has 0 spiro atoms. The summed E-state index contributed by atoms with van der Waals surface area (Å²) in [6.07, 6.45) is -0.112. The summed E-state index contributed by atoms with van der Waals surface area (Å²) >= 11 is 0. The minimum absolute atomic E-state index is 0.0284. The molecule has 6 nitrogen and oxygen atoms in total. The van der Waals surface area contributed by atoms with Crippen LogP contribution in [-0.4, -0.2) is 30.7 Å². The number of alkyl carbamates (subject to hydrolysis) is 1. The fourth-order valence-corrected chi connectivity index (χ4v) is 3.15. The second-order valence-corrected chi connectivity index (χ2v) is 6.94. The molecule has 1 aromatic carbocycles. The van der Waals surface area contributed by atoms with Crippen LogP contribution in [0.5, 0.6) is 0 Å². The van der Waals surface area contributed by atoms with E-state index < -0.39 is 17.1 Å². The number of carbonyl (C=O) groups is 2. The van der Waals surface area contributed by atoms with Gasteiger partial charge in [0.25, 0.3) is 0 Å². The van der Waals surface area contributed by atoms with Crippen LogP contribution in [0.2, 0.25) is 0 Å². The van der Waals surface area contributed by atoms with Gasteiger partial charge in [-0.25, -0.2) is 4.79 Å². The highest BCUT2D eigenvalue weighted by atomic mass is 16.6. The van der Waals surface area contributed by atoms with Crippen molar-refractivity contribution in [1.29, 1.82) is 0 Å². The zero-order valence-electron chi connectivity index (χ0n) is 13.1. The summed E-state index contributed by atoms with van der Waals surface area (Å²) in [6, 6.07) is 5.79. The van der Waals surface area contributed by atoms with Crippen LogP contribution in [0.4, 0.5) is 16.2 Å². The predicted molar refractivity (Wildman–Crippen MR) is 84.1 cm³/mol. The minimum atomic E-state index is -0.539. The Balaban J connectivity index is 1.81. The van der Waals surface area contributed by atoms with E-state index in [2.05, 4.69) is 16.0 Å². The van der Waals surface area contributed by atoms with E-state index in [1.54, 1.807) is 0 Å². The number of amides is 2. The van der Waals surface area contributed by atoms with Gasteiger partial charge in [-0.05, 0) is 32.9 Å². The Hall–Kier alpha value is -2.24. The molecule has 0 aliphatic carbocycles. The molecule has 0 aromatic heterocycles. The van der Waals surface area contributed by atoms with E-state index >= 15 is 0 Å². The van der Waals surface area contributed by atoms with Crippen LogP contribution in [0.25, 0.3) is 0 Å². The summed E-state index contributed by atoms with van der Waals surface area (Å²) in [7, 11) is 0. The summed E-state index contributed by atoms with van der Waals surface area (Å²) in [5.41, 5.74) is 1.97. The quantitative estimate of drug-likeness (QED) is 0.782. The molecule has 6 heteroatoms. The number of carbonyl (C=O) groups excluding carboxylic acids is 2. The number of benzene rings is 1. The summed E-state index contributed by atoms with van der Waals surface area (Å²) in [5.74, 6) is -0.0284. The highest BCUT2D eigenvalue weighted by Gasteiger charge is 2.45. The molecule has 0 saturated heterocycles. The lowest BCUT2D eigenvalue weighted by molar-refractivity contribution is -0.117. The molecule has 1 atom stereocenters. The molecular weight excluding hydrogens is 282 g/mol. The van der Waals surface area contributed by atoms with E-state index in [1.807, 2.05) is 39.0 Å². The van der Waals surface area contributed by atoms with E-state index in [-0.39, 0.29) is 5.91 Å². The molecular formula is C16H21N3O3. The van der Waals surface area contributed by atoms with Crippen LogP contribution < -0.4 is 16.0 Å². The van der Waals surface area contributed by atoms with Gasteiger partial charge in [0.15, 0.2) is 0 Å². The van der Waals surface area contributed by atoms with Crippen molar-refractivity contribution in [2.75, 3.05) is 23.7 Å². The SMILES string of the molecule is CC(C)(C)OC(=O)NCC12CNc3cccc(c31)NC(=O)C2. The van der Waals surface area contributed by atoms with Crippen LogP contribution in [0.15, 0.2) is 18.2 Å². The topological polar surface area (TPSA) is 79.5 Å². The predicted octanol–water partition coefficient (Wildman–Crippen LogP) is 2.22. The van der Waals surface area contributed by atoms with Crippen molar-refractivity contribution in [2.24, 2.45) is 0 Å². The van der Waals surface area contributed by atoms with Crippen molar-refractivity contribution >= 4 is 23.4 Å². The third kappa shape index (κ3) is 2.61. The minimum Gasteiger partial charge on any atom is -0.444 e. The second kappa shape index (κ2) is 4.90. The molecule has 2 heterocycles. The molecule has 118 valence electrons. The number of hydrogen-bond acceptors (Lipinski definition) is 4. The van der Waals surface area contributed by atoms with E-state index in [4.69, 9.17) is 4.74 Å². The first-order valence-corrected chi connectivity index (χ1v) is 7.43. The van der Waals surface area contributed by atoms with Gasteiger partial charge < -0.3 is 20.7 Å². The molecule has 0 bridgehead atoms. The maximum atomic E-state index is 12.0. The molecule has 2 aliphatic rings. The van der Waals surface area contributed by atoms with Crippen LogP contribution in [-0.2, 0) is 14.9 Å². The summed E-state index contributed by atoms with van der Waals surface area (Å²) in [5, 5.41) is 9.04. The Morgan fingerprint density at radius 1 is 1.36 bits per heavy atom. The van der Waals surface area contributed by atoms with Crippen molar-refractivity contribution in [3.8, 4) is 0 Å². The lowest BCUT2D eigenvalue weighted by Crippen LogP contribution is -2.48. The van der Waals surface area contributed by atoms with Gasteiger partial charge in [0.1, 0.15) is 5.60 Å². The zero-order chi connectivity index (χ0) is 16.0. The van der Waals surface area contributed by atoms with Gasteiger partial charge >= 0.3 is 6.09 Å². The maximum absolute atomic E-state index is 12.0. The van der Waals surface area contributed by atoms with Crippen LogP contribution in [0.3, 0.4) is 0 Å². The van der Waals surface area contributed by atoms with Gasteiger partial charge in [0.05, 0.1) is 0 Å². The average Bonchev–Trinajstić information content (AvgIpc) is 2.76. The number of ether oxygens (including phenoxy) is 1. The van der Waals surface area contributed by atoms with E-state index in [1.165, 1.54) is 0 Å². The van der Waals surface area contributed by atoms with Gasteiger partial charge in [-0.2, -0.15) is 0 Å². The van der Waals surface area contributed by atoms with Gasteiger partial charge in [-0.1, -0.05) is 6.07 Å². The van der Waals surface area contributed by atoms with Crippen molar-refractivity contribution in [3.05, 3.63) is 23.8 Å². The molecule has 0 radical (unpaired) electrons. The molecule has 2 aliphatic heterocycles. The average molecular weight is 303 g/mol. The molecule has 1 aromatic rings. The van der Waals surface area contributed by atoms with Gasteiger partial charge in [0, 0.05) is 41.9 Å². The number of rotatable bonds is 2. The lowest BCUT2D eigenvalue weighted by atomic mass is 9.76. The molecule has 0 fully saturated rings.